The van der Waals surface area contributed by atoms with Gasteiger partial charge in [0, 0.05) is 12.6 Å². The van der Waals surface area contributed by atoms with Gasteiger partial charge in [0.15, 0.2) is 5.82 Å². The van der Waals surface area contributed by atoms with Gasteiger partial charge in [-0.05, 0) is 36.8 Å². The second-order valence-corrected chi connectivity index (χ2v) is 6.50. The van der Waals surface area contributed by atoms with E-state index in [4.69, 9.17) is 0 Å². The first kappa shape index (κ1) is 14.6. The number of hydrogen-bond acceptors (Lipinski definition) is 4. The maximum atomic E-state index is 13.9. The lowest BCUT2D eigenvalue weighted by molar-refractivity contribution is 0.596. The van der Waals surface area contributed by atoms with Crippen molar-refractivity contribution in [3.63, 3.8) is 0 Å². The van der Waals surface area contributed by atoms with E-state index in [2.05, 4.69) is 9.38 Å². The zero-order valence-corrected chi connectivity index (χ0v) is 12.9. The number of hydrogen-bond donors (Lipinski definition) is 0. The van der Waals surface area contributed by atoms with Gasteiger partial charge in [0.05, 0.1) is 5.69 Å². The molecule has 5 nitrogen and oxygen atoms in total. The molecule has 1 aromatic heterocycles. The summed E-state index contributed by atoms with van der Waals surface area (Å²) in [7, 11) is -3.77. The van der Waals surface area contributed by atoms with E-state index in [0.717, 1.165) is 0 Å². The van der Waals surface area contributed by atoms with E-state index in [0.29, 0.717) is 23.5 Å². The van der Waals surface area contributed by atoms with Gasteiger partial charge in [-0.3, -0.25) is 4.90 Å². The Morgan fingerprint density at radius 3 is 2.73 bits per heavy atom. The first-order valence-corrected chi connectivity index (χ1v) is 8.23. The number of amidine groups is 1. The quantitative estimate of drug-likeness (QED) is 0.853. The molecule has 0 N–H and O–H groups in total. The van der Waals surface area contributed by atoms with Crippen LogP contribution in [-0.4, -0.2) is 19.2 Å². The summed E-state index contributed by atoms with van der Waals surface area (Å²) in [6, 6.07) is 7.71. The van der Waals surface area contributed by atoms with Crippen LogP contribution in [0.15, 0.2) is 45.8 Å². The average molecular weight is 319 g/mol. The highest BCUT2D eigenvalue weighted by Gasteiger charge is 2.32. The van der Waals surface area contributed by atoms with Gasteiger partial charge < -0.3 is 0 Å². The van der Waals surface area contributed by atoms with E-state index in [1.807, 2.05) is 0 Å². The summed E-state index contributed by atoms with van der Waals surface area (Å²) in [5.41, 5.74) is 1.02. The molecule has 114 valence electrons. The number of fused-ring (bicyclic) bond motifs is 1. The van der Waals surface area contributed by atoms with E-state index in [1.54, 1.807) is 30.9 Å². The molecule has 0 aliphatic carbocycles. The zero-order valence-electron chi connectivity index (χ0n) is 12.1. The molecule has 0 spiro atoms. The third-order valence-corrected chi connectivity index (χ3v) is 4.78. The molecule has 0 saturated heterocycles. The van der Waals surface area contributed by atoms with E-state index >= 15 is 0 Å². The van der Waals surface area contributed by atoms with Crippen molar-refractivity contribution in [2.24, 2.45) is 4.40 Å². The fraction of sp³-hybridized carbons (Fsp3) is 0.200. The number of aromatic nitrogens is 1. The molecule has 1 aliphatic rings. The monoisotopic (exact) mass is 319 g/mol. The van der Waals surface area contributed by atoms with Crippen LogP contribution in [0.1, 0.15) is 18.9 Å². The molecule has 0 bridgehead atoms. The van der Waals surface area contributed by atoms with Crippen LogP contribution in [0.25, 0.3) is 0 Å². The molecular formula is C15H14FN3O2S. The van der Waals surface area contributed by atoms with Gasteiger partial charge in [-0.2, -0.15) is 8.42 Å². The Hall–Kier alpha value is -2.28. The molecule has 1 aromatic carbocycles. The summed E-state index contributed by atoms with van der Waals surface area (Å²) in [4.78, 5) is 5.77. The Bertz CT molecular complexity index is 878. The summed E-state index contributed by atoms with van der Waals surface area (Å²) in [6.45, 7) is 3.46. The van der Waals surface area contributed by atoms with E-state index in [-0.39, 0.29) is 16.5 Å². The zero-order chi connectivity index (χ0) is 15.9. The molecular weight excluding hydrogens is 305 g/mol. The smallest absolute Gasteiger partial charge is 0.281 e. The first-order chi connectivity index (χ1) is 10.4. The lowest BCUT2D eigenvalue weighted by Gasteiger charge is -2.29. The highest BCUT2D eigenvalue weighted by Crippen LogP contribution is 2.35. The molecule has 2 aromatic rings. The largest absolute Gasteiger partial charge is 0.287 e. The van der Waals surface area contributed by atoms with Gasteiger partial charge >= 0.3 is 0 Å². The van der Waals surface area contributed by atoms with Crippen molar-refractivity contribution in [1.82, 2.24) is 4.98 Å². The minimum atomic E-state index is -3.77. The number of nitrogens with zero attached hydrogens (tertiary/aromatic N) is 3. The third kappa shape index (κ3) is 2.27. The van der Waals surface area contributed by atoms with Crippen LogP contribution in [-0.2, 0) is 10.0 Å². The second kappa shape index (κ2) is 5.17. The summed E-state index contributed by atoms with van der Waals surface area (Å²) in [5.74, 6) is 0.200. The van der Waals surface area contributed by atoms with Gasteiger partial charge in [-0.25, -0.2) is 9.37 Å². The molecule has 0 amide bonds. The molecule has 3 rings (SSSR count). The maximum Gasteiger partial charge on any atom is 0.287 e. The van der Waals surface area contributed by atoms with Gasteiger partial charge in [-0.1, -0.05) is 13.0 Å². The number of sulfonamides is 1. The number of benzene rings is 1. The normalized spacial score (nSPS) is 16.1. The van der Waals surface area contributed by atoms with E-state index in [1.165, 1.54) is 24.4 Å². The number of aryl methyl sites for hydroxylation is 1. The van der Waals surface area contributed by atoms with Crippen molar-refractivity contribution in [1.29, 1.82) is 0 Å². The molecule has 2 heterocycles. The SMILES string of the molecule is CCC1=NS(=O)(=O)c2cccnc2N1c1ccc(C)c(F)c1. The van der Waals surface area contributed by atoms with Crippen LogP contribution in [0.2, 0.25) is 0 Å². The average Bonchev–Trinajstić information content (AvgIpc) is 2.50. The summed E-state index contributed by atoms with van der Waals surface area (Å²) >= 11 is 0. The van der Waals surface area contributed by atoms with Gasteiger partial charge in [-0.15, -0.1) is 4.40 Å². The Kier molecular flexibility index (Phi) is 3.44. The van der Waals surface area contributed by atoms with Crippen LogP contribution < -0.4 is 4.90 Å². The number of pyridine rings is 1. The van der Waals surface area contributed by atoms with Crippen molar-refractivity contribution in [2.45, 2.75) is 25.2 Å². The minimum Gasteiger partial charge on any atom is -0.281 e. The molecule has 0 radical (unpaired) electrons. The molecule has 0 fully saturated rings. The third-order valence-electron chi connectivity index (χ3n) is 3.45. The van der Waals surface area contributed by atoms with Crippen molar-refractivity contribution in [2.75, 3.05) is 4.90 Å². The van der Waals surface area contributed by atoms with Crippen molar-refractivity contribution < 1.29 is 12.8 Å². The van der Waals surface area contributed by atoms with Crippen molar-refractivity contribution in [3.8, 4) is 0 Å². The lowest BCUT2D eigenvalue weighted by atomic mass is 10.2. The van der Waals surface area contributed by atoms with Gasteiger partial charge in [0.1, 0.15) is 16.5 Å². The number of anilines is 2. The van der Waals surface area contributed by atoms with Crippen molar-refractivity contribution >= 4 is 27.4 Å². The summed E-state index contributed by atoms with van der Waals surface area (Å²) in [6.07, 6.45) is 1.88. The lowest BCUT2D eigenvalue weighted by Crippen LogP contribution is -2.32. The molecule has 1 aliphatic heterocycles. The Labute approximate surface area is 128 Å². The van der Waals surface area contributed by atoms with Crippen LogP contribution in [0, 0.1) is 12.7 Å². The molecule has 0 saturated carbocycles. The molecule has 22 heavy (non-hydrogen) atoms. The van der Waals surface area contributed by atoms with Gasteiger partial charge in [0.2, 0.25) is 0 Å². The van der Waals surface area contributed by atoms with Crippen LogP contribution >= 0.6 is 0 Å². The van der Waals surface area contributed by atoms with Gasteiger partial charge in [0.25, 0.3) is 10.0 Å². The number of rotatable bonds is 2. The second-order valence-electron chi connectivity index (χ2n) is 4.93. The van der Waals surface area contributed by atoms with E-state index < -0.39 is 10.0 Å². The minimum absolute atomic E-state index is 0.0215. The summed E-state index contributed by atoms with van der Waals surface area (Å²) < 4.78 is 42.1. The highest BCUT2D eigenvalue weighted by molar-refractivity contribution is 7.90. The first-order valence-electron chi connectivity index (χ1n) is 6.79. The molecule has 7 heteroatoms. The van der Waals surface area contributed by atoms with Crippen LogP contribution in [0.4, 0.5) is 15.9 Å². The fourth-order valence-corrected chi connectivity index (χ4v) is 3.53. The highest BCUT2D eigenvalue weighted by atomic mass is 32.2. The predicted octanol–water partition coefficient (Wildman–Crippen LogP) is 3.18. The molecule has 0 atom stereocenters. The summed E-state index contributed by atoms with van der Waals surface area (Å²) in [5, 5.41) is 0. The Balaban J connectivity index is 2.27. The predicted molar refractivity (Wildman–Crippen MR) is 82.4 cm³/mol. The Morgan fingerprint density at radius 2 is 2.05 bits per heavy atom. The van der Waals surface area contributed by atoms with E-state index in [9.17, 15) is 12.8 Å². The van der Waals surface area contributed by atoms with Crippen molar-refractivity contribution in [3.05, 3.63) is 47.9 Å². The topological polar surface area (TPSA) is 62.6 Å². The molecule has 0 unspecified atom stereocenters. The standard InChI is InChI=1S/C15H14FN3O2S/c1-3-14-18-22(20,21)13-5-4-8-17-15(13)19(14)11-7-6-10(2)12(16)9-11/h4-9H,3H2,1-2H3. The van der Waals surface area contributed by atoms with Crippen LogP contribution in [0.5, 0.6) is 0 Å². The number of halogens is 1. The fourth-order valence-electron chi connectivity index (χ4n) is 2.32. The van der Waals surface area contributed by atoms with Crippen LogP contribution in [0.3, 0.4) is 0 Å². The Morgan fingerprint density at radius 1 is 1.27 bits per heavy atom. The maximum absolute atomic E-state index is 13.9.